The summed E-state index contributed by atoms with van der Waals surface area (Å²) in [6.07, 6.45) is 2.86. The zero-order chi connectivity index (χ0) is 13.1. The van der Waals surface area contributed by atoms with E-state index in [2.05, 4.69) is 28.8 Å². The summed E-state index contributed by atoms with van der Waals surface area (Å²) in [5.41, 5.74) is 0.952. The molecule has 0 radical (unpaired) electrons. The lowest BCUT2D eigenvalue weighted by molar-refractivity contribution is 0.337. The fraction of sp³-hybridized carbons (Fsp3) is 0.615. The minimum atomic E-state index is 0.427. The summed E-state index contributed by atoms with van der Waals surface area (Å²) in [5, 5.41) is 0.647. The van der Waals surface area contributed by atoms with Gasteiger partial charge < -0.3 is 9.80 Å². The molecule has 1 aliphatic rings. The average molecular weight is 288 g/mol. The molecule has 2 heterocycles. The summed E-state index contributed by atoms with van der Waals surface area (Å²) in [7, 11) is 2.17. The Bertz CT molecular complexity index is 411. The second kappa shape index (κ2) is 6.09. The second-order valence-corrected chi connectivity index (χ2v) is 5.60. The van der Waals surface area contributed by atoms with E-state index < -0.39 is 0 Å². The summed E-state index contributed by atoms with van der Waals surface area (Å²) < 4.78 is 0. The van der Waals surface area contributed by atoms with Crippen LogP contribution < -0.4 is 4.90 Å². The number of hydrogen-bond acceptors (Lipinski definition) is 3. The van der Waals surface area contributed by atoms with E-state index in [0.29, 0.717) is 16.9 Å². The predicted octanol–water partition coefficient (Wildman–Crippen LogP) is 3.00. The molecule has 1 fully saturated rings. The SMILES string of the molecule is CC1CN(C)CCCN1c1cc(CCl)c(Cl)cn1. The van der Waals surface area contributed by atoms with Gasteiger partial charge in [-0.1, -0.05) is 11.6 Å². The van der Waals surface area contributed by atoms with Crippen molar-refractivity contribution >= 4 is 29.0 Å². The maximum Gasteiger partial charge on any atom is 0.129 e. The Morgan fingerprint density at radius 3 is 2.94 bits per heavy atom. The van der Waals surface area contributed by atoms with Crippen molar-refractivity contribution < 1.29 is 0 Å². The van der Waals surface area contributed by atoms with Crippen LogP contribution in [-0.4, -0.2) is 42.6 Å². The van der Waals surface area contributed by atoms with Crippen molar-refractivity contribution in [3.05, 3.63) is 22.8 Å². The van der Waals surface area contributed by atoms with Crippen molar-refractivity contribution in [2.24, 2.45) is 0 Å². The third-order valence-corrected chi connectivity index (χ3v) is 4.03. The molecule has 1 aromatic rings. The largest absolute Gasteiger partial charge is 0.353 e. The fourth-order valence-corrected chi connectivity index (χ4v) is 2.90. The van der Waals surface area contributed by atoms with Gasteiger partial charge in [-0.05, 0) is 38.6 Å². The molecule has 3 nitrogen and oxygen atoms in total. The molecule has 2 rings (SSSR count). The Kier molecular flexibility index (Phi) is 4.71. The second-order valence-electron chi connectivity index (χ2n) is 4.93. The third kappa shape index (κ3) is 3.08. The lowest BCUT2D eigenvalue weighted by atomic mass is 10.2. The van der Waals surface area contributed by atoms with Crippen molar-refractivity contribution in [2.45, 2.75) is 25.3 Å². The van der Waals surface area contributed by atoms with E-state index in [1.54, 1.807) is 6.20 Å². The minimum Gasteiger partial charge on any atom is -0.353 e. The van der Waals surface area contributed by atoms with Crippen LogP contribution in [0.4, 0.5) is 5.82 Å². The van der Waals surface area contributed by atoms with Gasteiger partial charge in [0.1, 0.15) is 5.82 Å². The summed E-state index contributed by atoms with van der Waals surface area (Å²) in [4.78, 5) is 9.15. The Hall–Kier alpha value is -0.510. The van der Waals surface area contributed by atoms with Gasteiger partial charge in [0.15, 0.2) is 0 Å². The van der Waals surface area contributed by atoms with Gasteiger partial charge in [0.2, 0.25) is 0 Å². The quantitative estimate of drug-likeness (QED) is 0.780. The molecule has 0 aromatic carbocycles. The fourth-order valence-electron chi connectivity index (χ4n) is 2.44. The first-order chi connectivity index (χ1) is 8.61. The van der Waals surface area contributed by atoms with E-state index in [1.165, 1.54) is 0 Å². The van der Waals surface area contributed by atoms with Crippen LogP contribution in [0.3, 0.4) is 0 Å². The maximum absolute atomic E-state index is 6.05. The van der Waals surface area contributed by atoms with Crippen molar-refractivity contribution in [2.75, 3.05) is 31.6 Å². The molecular formula is C13H19Cl2N3. The van der Waals surface area contributed by atoms with E-state index in [-0.39, 0.29) is 0 Å². The van der Waals surface area contributed by atoms with Crippen molar-refractivity contribution in [3.63, 3.8) is 0 Å². The van der Waals surface area contributed by atoms with E-state index in [4.69, 9.17) is 23.2 Å². The molecule has 0 amide bonds. The molecule has 5 heteroatoms. The number of anilines is 1. The van der Waals surface area contributed by atoms with Gasteiger partial charge in [-0.15, -0.1) is 11.6 Å². The molecule has 100 valence electrons. The monoisotopic (exact) mass is 287 g/mol. The highest BCUT2D eigenvalue weighted by molar-refractivity contribution is 6.32. The molecule has 0 spiro atoms. The van der Waals surface area contributed by atoms with Gasteiger partial charge in [-0.2, -0.15) is 0 Å². The molecule has 1 unspecified atom stereocenters. The standard InChI is InChI=1S/C13H19Cl2N3/c1-10-9-17(2)4-3-5-18(10)13-6-11(7-14)12(15)8-16-13/h6,8,10H,3-5,7,9H2,1-2H3. The van der Waals surface area contributed by atoms with Crippen LogP contribution in [-0.2, 0) is 5.88 Å². The summed E-state index contributed by atoms with van der Waals surface area (Å²) in [6.45, 7) is 5.46. The molecule has 0 aliphatic carbocycles. The Labute approximate surface area is 119 Å². The van der Waals surface area contributed by atoms with Gasteiger partial charge in [-0.25, -0.2) is 4.98 Å². The van der Waals surface area contributed by atoms with Crippen molar-refractivity contribution in [1.29, 1.82) is 0 Å². The van der Waals surface area contributed by atoms with E-state index >= 15 is 0 Å². The Balaban J connectivity index is 2.24. The topological polar surface area (TPSA) is 19.4 Å². The summed E-state index contributed by atoms with van der Waals surface area (Å²) >= 11 is 11.9. The Morgan fingerprint density at radius 2 is 2.22 bits per heavy atom. The maximum atomic E-state index is 6.05. The van der Waals surface area contributed by atoms with Crippen LogP contribution in [0.15, 0.2) is 12.3 Å². The number of halogens is 2. The molecule has 1 saturated heterocycles. The minimum absolute atomic E-state index is 0.427. The number of rotatable bonds is 2. The Morgan fingerprint density at radius 1 is 1.44 bits per heavy atom. The number of hydrogen-bond donors (Lipinski definition) is 0. The molecule has 1 atom stereocenters. The smallest absolute Gasteiger partial charge is 0.129 e. The van der Waals surface area contributed by atoms with Crippen LogP contribution in [0.1, 0.15) is 18.9 Å². The van der Waals surface area contributed by atoms with E-state index in [9.17, 15) is 0 Å². The number of aromatic nitrogens is 1. The zero-order valence-electron chi connectivity index (χ0n) is 10.9. The average Bonchev–Trinajstić information content (AvgIpc) is 2.51. The van der Waals surface area contributed by atoms with E-state index in [1.807, 2.05) is 6.07 Å². The van der Waals surface area contributed by atoms with Crippen LogP contribution in [0.25, 0.3) is 0 Å². The lowest BCUT2D eigenvalue weighted by Gasteiger charge is -2.29. The van der Waals surface area contributed by atoms with Crippen LogP contribution in [0.2, 0.25) is 5.02 Å². The number of alkyl halides is 1. The van der Waals surface area contributed by atoms with Gasteiger partial charge in [0.05, 0.1) is 5.02 Å². The highest BCUT2D eigenvalue weighted by Crippen LogP contribution is 2.24. The molecule has 0 bridgehead atoms. The summed E-state index contributed by atoms with van der Waals surface area (Å²) in [5.74, 6) is 1.41. The first-order valence-electron chi connectivity index (χ1n) is 6.27. The van der Waals surface area contributed by atoms with Gasteiger partial charge >= 0.3 is 0 Å². The summed E-state index contributed by atoms with van der Waals surface area (Å²) in [6, 6.07) is 2.46. The molecule has 1 aliphatic heterocycles. The van der Waals surface area contributed by atoms with Crippen molar-refractivity contribution in [3.8, 4) is 0 Å². The van der Waals surface area contributed by atoms with Gasteiger partial charge in [-0.3, -0.25) is 0 Å². The number of pyridine rings is 1. The van der Waals surface area contributed by atoms with Gasteiger partial charge in [0, 0.05) is 31.2 Å². The molecular weight excluding hydrogens is 269 g/mol. The number of likely N-dealkylation sites (N-methyl/N-ethyl adjacent to an activating group) is 1. The highest BCUT2D eigenvalue weighted by Gasteiger charge is 2.21. The van der Waals surface area contributed by atoms with Crippen LogP contribution in [0.5, 0.6) is 0 Å². The molecule has 18 heavy (non-hydrogen) atoms. The molecule has 0 N–H and O–H groups in total. The highest BCUT2D eigenvalue weighted by atomic mass is 35.5. The van der Waals surface area contributed by atoms with Crippen LogP contribution in [0, 0.1) is 0 Å². The molecule has 1 aromatic heterocycles. The normalized spacial score (nSPS) is 22.0. The third-order valence-electron chi connectivity index (χ3n) is 3.41. The zero-order valence-corrected chi connectivity index (χ0v) is 12.4. The lowest BCUT2D eigenvalue weighted by Crippen LogP contribution is -2.38. The first kappa shape index (κ1) is 13.9. The molecule has 0 saturated carbocycles. The predicted molar refractivity (Wildman–Crippen MR) is 77.7 cm³/mol. The van der Waals surface area contributed by atoms with Gasteiger partial charge in [0.25, 0.3) is 0 Å². The first-order valence-corrected chi connectivity index (χ1v) is 7.18. The van der Waals surface area contributed by atoms with Crippen molar-refractivity contribution in [1.82, 2.24) is 9.88 Å². The van der Waals surface area contributed by atoms with E-state index in [0.717, 1.165) is 37.4 Å². The number of nitrogens with zero attached hydrogens (tertiary/aromatic N) is 3. The van der Waals surface area contributed by atoms with Crippen LogP contribution >= 0.6 is 23.2 Å².